The van der Waals surface area contributed by atoms with E-state index in [1.807, 2.05) is 0 Å². The second-order valence-corrected chi connectivity index (χ2v) is 8.97. The zero-order chi connectivity index (χ0) is 23.6. The van der Waals surface area contributed by atoms with Gasteiger partial charge in [-0.3, -0.25) is 9.59 Å². The van der Waals surface area contributed by atoms with Crippen molar-refractivity contribution in [3.05, 3.63) is 78.6 Å². The van der Waals surface area contributed by atoms with Crippen LogP contribution in [-0.4, -0.2) is 24.9 Å². The van der Waals surface area contributed by atoms with Crippen molar-refractivity contribution in [2.24, 2.45) is 0 Å². The van der Waals surface area contributed by atoms with Gasteiger partial charge in [0.15, 0.2) is 0 Å². The summed E-state index contributed by atoms with van der Waals surface area (Å²) in [5, 5.41) is 6.65. The molecule has 0 saturated carbocycles. The molecule has 0 atom stereocenters. The third kappa shape index (κ3) is 4.91. The number of thiophene rings is 1. The molecular formula is C22H17Cl3N2O4S. The molecule has 2 amide bonds. The number of benzene rings is 2. The Morgan fingerprint density at radius 1 is 0.906 bits per heavy atom. The first-order valence-corrected chi connectivity index (χ1v) is 11.1. The summed E-state index contributed by atoms with van der Waals surface area (Å²) in [5.41, 5.74) is 1.86. The maximum absolute atomic E-state index is 13.0. The van der Waals surface area contributed by atoms with Gasteiger partial charge < -0.3 is 15.4 Å². The Morgan fingerprint density at radius 3 is 2.28 bits per heavy atom. The smallest absolute Gasteiger partial charge is 0.341 e. The largest absolute Gasteiger partial charge is 0.465 e. The number of methoxy groups -OCH3 is 1. The number of rotatable bonds is 5. The molecule has 0 aliphatic rings. The molecule has 6 nitrogen and oxygen atoms in total. The predicted molar refractivity (Wildman–Crippen MR) is 129 cm³/mol. The van der Waals surface area contributed by atoms with Crippen molar-refractivity contribution in [3.8, 4) is 0 Å². The summed E-state index contributed by atoms with van der Waals surface area (Å²) in [6.45, 7) is 3.38. The molecule has 32 heavy (non-hydrogen) atoms. The van der Waals surface area contributed by atoms with Gasteiger partial charge in [0, 0.05) is 15.7 Å². The average Bonchev–Trinajstić information content (AvgIpc) is 3.06. The summed E-state index contributed by atoms with van der Waals surface area (Å²) < 4.78 is 4.85. The quantitative estimate of drug-likeness (QED) is 0.377. The molecule has 2 aromatic carbocycles. The van der Waals surface area contributed by atoms with E-state index in [0.717, 1.165) is 11.3 Å². The Kier molecular flexibility index (Phi) is 7.46. The first-order valence-electron chi connectivity index (χ1n) is 9.18. The predicted octanol–water partition coefficient (Wildman–Crippen LogP) is 6.62. The van der Waals surface area contributed by atoms with E-state index in [2.05, 4.69) is 10.6 Å². The second kappa shape index (κ2) is 9.92. The summed E-state index contributed by atoms with van der Waals surface area (Å²) in [5.74, 6) is -1.70. The summed E-state index contributed by atoms with van der Waals surface area (Å²) in [4.78, 5) is 38.4. The van der Waals surface area contributed by atoms with Gasteiger partial charge in [-0.2, -0.15) is 0 Å². The molecule has 0 aliphatic carbocycles. The molecule has 166 valence electrons. The minimum Gasteiger partial charge on any atom is -0.465 e. The highest BCUT2D eigenvalue weighted by atomic mass is 35.5. The summed E-state index contributed by atoms with van der Waals surface area (Å²) in [7, 11) is 1.22. The zero-order valence-electron chi connectivity index (χ0n) is 17.1. The van der Waals surface area contributed by atoms with Crippen LogP contribution in [0.2, 0.25) is 15.1 Å². The van der Waals surface area contributed by atoms with Crippen LogP contribution in [0.25, 0.3) is 0 Å². The Morgan fingerprint density at radius 2 is 1.62 bits per heavy atom. The van der Waals surface area contributed by atoms with Crippen LogP contribution >= 0.6 is 46.1 Å². The zero-order valence-corrected chi connectivity index (χ0v) is 20.2. The van der Waals surface area contributed by atoms with E-state index in [9.17, 15) is 14.4 Å². The molecule has 0 unspecified atom stereocenters. The molecule has 1 aromatic heterocycles. The highest BCUT2D eigenvalue weighted by Gasteiger charge is 2.27. The molecule has 3 aromatic rings. The Labute approximate surface area is 203 Å². The molecule has 10 heteroatoms. The van der Waals surface area contributed by atoms with Crippen LogP contribution in [0.3, 0.4) is 0 Å². The van der Waals surface area contributed by atoms with Gasteiger partial charge in [0.1, 0.15) is 5.00 Å². The highest BCUT2D eigenvalue weighted by molar-refractivity contribution is 7.19. The Hall–Kier alpha value is -2.58. The fourth-order valence-electron chi connectivity index (χ4n) is 2.93. The third-order valence-corrected chi connectivity index (χ3v) is 6.82. The first kappa shape index (κ1) is 24.1. The topological polar surface area (TPSA) is 84.5 Å². The number of carbonyl (C=O) groups excluding carboxylic acids is 3. The van der Waals surface area contributed by atoms with Gasteiger partial charge in [-0.05, 0) is 55.3 Å². The van der Waals surface area contributed by atoms with E-state index in [1.54, 1.807) is 32.0 Å². The van der Waals surface area contributed by atoms with E-state index >= 15 is 0 Å². The van der Waals surface area contributed by atoms with Crippen molar-refractivity contribution in [1.82, 2.24) is 0 Å². The van der Waals surface area contributed by atoms with E-state index in [-0.39, 0.29) is 26.0 Å². The van der Waals surface area contributed by atoms with Crippen LogP contribution in [0.15, 0.2) is 36.4 Å². The molecular weight excluding hydrogens is 495 g/mol. The lowest BCUT2D eigenvalue weighted by molar-refractivity contribution is 0.0601. The Bertz CT molecular complexity index is 1240. The number of ether oxygens (including phenoxy) is 1. The normalized spacial score (nSPS) is 10.6. The number of anilines is 2. The lowest BCUT2D eigenvalue weighted by Crippen LogP contribution is -2.15. The number of hydrogen-bond acceptors (Lipinski definition) is 5. The van der Waals surface area contributed by atoms with Gasteiger partial charge in [-0.25, -0.2) is 4.79 Å². The van der Waals surface area contributed by atoms with Gasteiger partial charge in [0.25, 0.3) is 11.8 Å². The van der Waals surface area contributed by atoms with Crippen LogP contribution < -0.4 is 10.6 Å². The first-order chi connectivity index (χ1) is 15.1. The molecule has 2 N–H and O–H groups in total. The summed E-state index contributed by atoms with van der Waals surface area (Å²) >= 11 is 19.1. The third-order valence-electron chi connectivity index (χ3n) is 4.66. The van der Waals surface area contributed by atoms with Crippen LogP contribution in [0.5, 0.6) is 0 Å². The van der Waals surface area contributed by atoms with Crippen molar-refractivity contribution >= 4 is 74.6 Å². The van der Waals surface area contributed by atoms with Gasteiger partial charge >= 0.3 is 5.97 Å². The molecule has 3 rings (SSSR count). The molecule has 0 aliphatic heterocycles. The Balaban J connectivity index is 1.97. The van der Waals surface area contributed by atoms with Crippen molar-refractivity contribution in [3.63, 3.8) is 0 Å². The highest BCUT2D eigenvalue weighted by Crippen LogP contribution is 2.35. The second-order valence-electron chi connectivity index (χ2n) is 6.70. The molecule has 0 radical (unpaired) electrons. The number of nitrogens with one attached hydrogen (secondary N) is 2. The minimum absolute atomic E-state index is 0.0869. The van der Waals surface area contributed by atoms with E-state index in [0.29, 0.717) is 26.9 Å². The maximum Gasteiger partial charge on any atom is 0.341 e. The van der Waals surface area contributed by atoms with Crippen LogP contribution in [0.1, 0.15) is 41.5 Å². The minimum atomic E-state index is -0.686. The van der Waals surface area contributed by atoms with Crippen LogP contribution in [0, 0.1) is 13.8 Å². The summed E-state index contributed by atoms with van der Waals surface area (Å²) in [6.07, 6.45) is 0. The molecule has 0 bridgehead atoms. The van der Waals surface area contributed by atoms with Gasteiger partial charge in [-0.1, -0.05) is 40.9 Å². The van der Waals surface area contributed by atoms with Crippen molar-refractivity contribution in [2.45, 2.75) is 13.8 Å². The number of amides is 2. The molecule has 0 saturated heterocycles. The maximum atomic E-state index is 13.0. The van der Waals surface area contributed by atoms with E-state index < -0.39 is 17.8 Å². The SMILES string of the molecule is COC(=O)c1c(NC(=O)c2ccc(Cl)cc2Cl)sc(C(=O)Nc2cccc(Cl)c2C)c1C. The number of hydrogen-bond donors (Lipinski definition) is 2. The van der Waals surface area contributed by atoms with Crippen LogP contribution in [0.4, 0.5) is 10.7 Å². The van der Waals surface area contributed by atoms with Crippen molar-refractivity contribution < 1.29 is 19.1 Å². The lowest BCUT2D eigenvalue weighted by atomic mass is 10.1. The monoisotopic (exact) mass is 510 g/mol. The molecule has 0 spiro atoms. The van der Waals surface area contributed by atoms with E-state index in [1.165, 1.54) is 25.3 Å². The van der Waals surface area contributed by atoms with Crippen molar-refractivity contribution in [1.29, 1.82) is 0 Å². The molecule has 1 heterocycles. The number of carbonyl (C=O) groups is 3. The lowest BCUT2D eigenvalue weighted by Gasteiger charge is -2.09. The van der Waals surface area contributed by atoms with E-state index in [4.69, 9.17) is 39.5 Å². The number of esters is 1. The fourth-order valence-corrected chi connectivity index (χ4v) is 4.69. The van der Waals surface area contributed by atoms with Crippen molar-refractivity contribution in [2.75, 3.05) is 17.7 Å². The van der Waals surface area contributed by atoms with Gasteiger partial charge in [0.05, 0.1) is 28.1 Å². The van der Waals surface area contributed by atoms with Gasteiger partial charge in [-0.15, -0.1) is 11.3 Å². The molecule has 0 fully saturated rings. The standard InChI is InChI=1S/C22H17Cl3N2O4S/c1-10-14(24)5-4-6-16(10)26-20(29)18-11(2)17(22(30)31-3)21(32-18)27-19(28)13-8-7-12(23)9-15(13)25/h4-9H,1-3H3,(H,26,29)(H,27,28). The van der Waals surface area contributed by atoms with Gasteiger partial charge in [0.2, 0.25) is 0 Å². The fraction of sp³-hybridized carbons (Fsp3) is 0.136. The number of halogens is 3. The van der Waals surface area contributed by atoms with Crippen LogP contribution in [-0.2, 0) is 4.74 Å². The average molecular weight is 512 g/mol. The summed E-state index contributed by atoms with van der Waals surface area (Å²) in [6, 6.07) is 9.57.